The van der Waals surface area contributed by atoms with Crippen LogP contribution in [0.15, 0.2) is 48.5 Å². The van der Waals surface area contributed by atoms with Gasteiger partial charge in [0.1, 0.15) is 0 Å². The average molecular weight is 421 g/mol. The first-order valence-corrected chi connectivity index (χ1v) is 11.5. The van der Waals surface area contributed by atoms with Crippen molar-refractivity contribution in [2.24, 2.45) is 0 Å². The maximum absolute atomic E-state index is 6.05. The van der Waals surface area contributed by atoms with Crippen LogP contribution in [-0.2, 0) is 27.3 Å². The lowest BCUT2D eigenvalue weighted by molar-refractivity contribution is 0.0311. The van der Waals surface area contributed by atoms with Crippen molar-refractivity contribution < 1.29 is 14.2 Å². The normalized spacial score (nSPS) is 24.1. The summed E-state index contributed by atoms with van der Waals surface area (Å²) in [6, 6.07) is 18.1. The highest BCUT2D eigenvalue weighted by atomic mass is 16.5. The number of ether oxygens (including phenoxy) is 3. The molecule has 0 radical (unpaired) electrons. The largest absolute Gasteiger partial charge is 0.379 e. The second-order valence-corrected chi connectivity index (χ2v) is 8.52. The molecule has 31 heavy (non-hydrogen) atoms. The monoisotopic (exact) mass is 420 g/mol. The van der Waals surface area contributed by atoms with E-state index in [1.165, 1.54) is 32.7 Å². The number of hydrogen-bond donors (Lipinski definition) is 0. The molecule has 0 aromatic heterocycles. The highest BCUT2D eigenvalue weighted by Crippen LogP contribution is 2.29. The zero-order valence-corrected chi connectivity index (χ0v) is 18.2. The van der Waals surface area contributed by atoms with E-state index in [1.54, 1.807) is 0 Å². The van der Waals surface area contributed by atoms with Gasteiger partial charge in [-0.25, -0.2) is 0 Å². The summed E-state index contributed by atoms with van der Waals surface area (Å²) in [5.41, 5.74) is 2.74. The molecule has 2 heterocycles. The molecule has 5 rings (SSSR count). The lowest BCUT2D eigenvalue weighted by Crippen LogP contribution is -2.33. The third kappa shape index (κ3) is 5.08. The van der Waals surface area contributed by atoms with Crippen molar-refractivity contribution in [3.63, 3.8) is 0 Å². The molecular formula is C26H32N2O3. The second kappa shape index (κ2) is 10.1. The minimum atomic E-state index is 0.653. The molecule has 0 aliphatic carbocycles. The highest BCUT2D eigenvalue weighted by molar-refractivity contribution is 6.00. The molecule has 1 fully saturated rings. The number of nitrogens with zero attached hydrogens (tertiary/aromatic N) is 2. The van der Waals surface area contributed by atoms with E-state index in [1.807, 2.05) is 0 Å². The molecule has 3 aromatic rings. The van der Waals surface area contributed by atoms with E-state index < -0.39 is 0 Å². The Labute approximate surface area is 184 Å². The van der Waals surface area contributed by atoms with Gasteiger partial charge in [0.05, 0.1) is 39.6 Å². The van der Waals surface area contributed by atoms with E-state index in [2.05, 4.69) is 58.3 Å². The van der Waals surface area contributed by atoms with Gasteiger partial charge in [-0.05, 0) is 44.8 Å². The van der Waals surface area contributed by atoms with Gasteiger partial charge in [0.2, 0.25) is 0 Å². The minimum Gasteiger partial charge on any atom is -0.379 e. The molecule has 5 nitrogen and oxygen atoms in total. The molecule has 0 spiro atoms. The van der Waals surface area contributed by atoms with Crippen molar-refractivity contribution in [1.29, 1.82) is 0 Å². The summed E-state index contributed by atoms with van der Waals surface area (Å²) in [4.78, 5) is 4.91. The first kappa shape index (κ1) is 20.9. The fourth-order valence-electron chi connectivity index (χ4n) is 4.68. The van der Waals surface area contributed by atoms with E-state index in [0.717, 1.165) is 52.5 Å². The van der Waals surface area contributed by atoms with Crippen LogP contribution in [0.1, 0.15) is 11.1 Å². The summed E-state index contributed by atoms with van der Waals surface area (Å²) < 4.78 is 17.7. The van der Waals surface area contributed by atoms with Crippen LogP contribution in [-0.4, -0.2) is 75.6 Å². The smallest absolute Gasteiger partial charge is 0.0701 e. The fourth-order valence-corrected chi connectivity index (χ4v) is 4.68. The lowest BCUT2D eigenvalue weighted by Gasteiger charge is -2.25. The molecule has 2 unspecified atom stereocenters. The SMILES string of the molecule is c1cc2c3cc4c(cccc4cc3c1)CN1CCOCCOCCN(CCOCC1)C2. The zero-order valence-electron chi connectivity index (χ0n) is 18.2. The van der Waals surface area contributed by atoms with Gasteiger partial charge in [0, 0.05) is 39.3 Å². The summed E-state index contributed by atoms with van der Waals surface area (Å²) in [6.07, 6.45) is 0. The summed E-state index contributed by atoms with van der Waals surface area (Å²) in [5, 5.41) is 5.32. The van der Waals surface area contributed by atoms with Crippen LogP contribution >= 0.6 is 0 Å². The molecular weight excluding hydrogens is 388 g/mol. The Bertz CT molecular complexity index is 945. The molecule has 5 heteroatoms. The van der Waals surface area contributed by atoms with Crippen LogP contribution in [0, 0.1) is 0 Å². The van der Waals surface area contributed by atoms with Gasteiger partial charge in [-0.1, -0.05) is 36.4 Å². The van der Waals surface area contributed by atoms with E-state index in [4.69, 9.17) is 14.2 Å². The van der Waals surface area contributed by atoms with Crippen molar-refractivity contribution >= 4 is 21.5 Å². The molecule has 2 aliphatic rings. The van der Waals surface area contributed by atoms with Crippen LogP contribution in [0.5, 0.6) is 0 Å². The van der Waals surface area contributed by atoms with E-state index in [0.29, 0.717) is 26.4 Å². The molecule has 0 amide bonds. The topological polar surface area (TPSA) is 34.2 Å². The maximum Gasteiger partial charge on any atom is 0.0701 e. The summed E-state index contributed by atoms with van der Waals surface area (Å²) >= 11 is 0. The molecule has 1 saturated heterocycles. The zero-order chi connectivity index (χ0) is 20.9. The van der Waals surface area contributed by atoms with E-state index >= 15 is 0 Å². The first-order chi connectivity index (χ1) is 15.4. The van der Waals surface area contributed by atoms with Crippen molar-refractivity contribution in [3.8, 4) is 0 Å². The minimum absolute atomic E-state index is 0.653. The van der Waals surface area contributed by atoms with Gasteiger partial charge in [-0.15, -0.1) is 0 Å². The van der Waals surface area contributed by atoms with Gasteiger partial charge >= 0.3 is 0 Å². The van der Waals surface area contributed by atoms with E-state index in [9.17, 15) is 0 Å². The molecule has 2 atom stereocenters. The number of fused-ring (bicyclic) bond motifs is 6. The Morgan fingerprint density at radius 3 is 1.45 bits per heavy atom. The standard InChI is InChI=1S/C26H32N2O3/c1-3-21-17-22-4-2-6-24-20-28-8-12-29-11-7-27(9-13-30-15-16-31-14-10-28)19-23(5-1)25(21)18-26(22)24/h1-6,17-18H,7-16,19-20H2. The Morgan fingerprint density at radius 1 is 0.516 bits per heavy atom. The van der Waals surface area contributed by atoms with Gasteiger partial charge in [-0.2, -0.15) is 0 Å². The Kier molecular flexibility index (Phi) is 6.77. The Morgan fingerprint density at radius 2 is 0.968 bits per heavy atom. The average Bonchev–Trinajstić information content (AvgIpc) is 2.79. The lowest BCUT2D eigenvalue weighted by atomic mass is 9.96. The number of rotatable bonds is 0. The van der Waals surface area contributed by atoms with Gasteiger partial charge in [-0.3, -0.25) is 9.80 Å². The quantitative estimate of drug-likeness (QED) is 0.409. The summed E-state index contributed by atoms with van der Waals surface area (Å²) in [7, 11) is 0. The molecule has 4 bridgehead atoms. The predicted octanol–water partition coefficient (Wildman–Crippen LogP) is 3.67. The van der Waals surface area contributed by atoms with Crippen LogP contribution < -0.4 is 0 Å². The molecule has 0 saturated carbocycles. The Balaban J connectivity index is 1.61. The van der Waals surface area contributed by atoms with Gasteiger partial charge in [0.25, 0.3) is 0 Å². The van der Waals surface area contributed by atoms with Crippen LogP contribution in [0.2, 0.25) is 0 Å². The van der Waals surface area contributed by atoms with Crippen LogP contribution in [0.4, 0.5) is 0 Å². The van der Waals surface area contributed by atoms with Crippen molar-refractivity contribution in [3.05, 3.63) is 59.7 Å². The third-order valence-electron chi connectivity index (χ3n) is 6.43. The predicted molar refractivity (Wildman–Crippen MR) is 124 cm³/mol. The molecule has 3 aromatic carbocycles. The van der Waals surface area contributed by atoms with E-state index in [-0.39, 0.29) is 0 Å². The van der Waals surface area contributed by atoms with Crippen molar-refractivity contribution in [1.82, 2.24) is 9.80 Å². The summed E-state index contributed by atoms with van der Waals surface area (Å²) in [6.45, 7) is 9.65. The maximum atomic E-state index is 6.05. The number of benzene rings is 3. The van der Waals surface area contributed by atoms with Gasteiger partial charge < -0.3 is 14.2 Å². The Hall–Kier alpha value is -2.02. The second-order valence-electron chi connectivity index (χ2n) is 8.52. The molecule has 164 valence electrons. The highest BCUT2D eigenvalue weighted by Gasteiger charge is 2.14. The third-order valence-corrected chi connectivity index (χ3v) is 6.43. The van der Waals surface area contributed by atoms with Crippen LogP contribution in [0.25, 0.3) is 21.5 Å². The van der Waals surface area contributed by atoms with Crippen molar-refractivity contribution in [2.75, 3.05) is 65.8 Å². The fraction of sp³-hybridized carbons (Fsp3) is 0.462. The summed E-state index contributed by atoms with van der Waals surface area (Å²) in [5.74, 6) is 0. The molecule has 2 aliphatic heterocycles. The first-order valence-electron chi connectivity index (χ1n) is 11.5. The van der Waals surface area contributed by atoms with Gasteiger partial charge in [0.15, 0.2) is 0 Å². The van der Waals surface area contributed by atoms with Crippen LogP contribution in [0.3, 0.4) is 0 Å². The van der Waals surface area contributed by atoms with Crippen molar-refractivity contribution in [2.45, 2.75) is 13.1 Å². The number of hydrogen-bond acceptors (Lipinski definition) is 5. The molecule has 0 N–H and O–H groups in total.